The highest BCUT2D eigenvalue weighted by molar-refractivity contribution is 7.89. The third-order valence-corrected chi connectivity index (χ3v) is 4.96. The molecule has 1 rings (SSSR count). The van der Waals surface area contributed by atoms with Crippen LogP contribution in [0.4, 0.5) is 0 Å². The molecule has 0 spiro atoms. The summed E-state index contributed by atoms with van der Waals surface area (Å²) in [6.45, 7) is 3.50. The van der Waals surface area contributed by atoms with E-state index in [0.717, 1.165) is 22.7 Å². The number of carboxylic acid groups (broad SMARTS) is 1. The van der Waals surface area contributed by atoms with Gasteiger partial charge in [0, 0.05) is 13.6 Å². The molecule has 5 nitrogen and oxygen atoms in total. The van der Waals surface area contributed by atoms with Crippen LogP contribution in [0.15, 0.2) is 29.2 Å². The van der Waals surface area contributed by atoms with E-state index in [-0.39, 0.29) is 11.4 Å². The predicted molar refractivity (Wildman–Crippen MR) is 77.1 cm³/mol. The van der Waals surface area contributed by atoms with Gasteiger partial charge in [-0.2, -0.15) is 0 Å². The molecule has 0 bridgehead atoms. The molecule has 1 aromatic carbocycles. The number of carboxylic acids is 1. The van der Waals surface area contributed by atoms with Crippen molar-refractivity contribution in [1.82, 2.24) is 4.31 Å². The highest BCUT2D eigenvalue weighted by atomic mass is 32.2. The number of aliphatic carboxylic acids is 1. The van der Waals surface area contributed by atoms with Gasteiger partial charge in [-0.1, -0.05) is 32.4 Å². The van der Waals surface area contributed by atoms with Gasteiger partial charge >= 0.3 is 5.97 Å². The van der Waals surface area contributed by atoms with Gasteiger partial charge in [0.25, 0.3) is 0 Å². The van der Waals surface area contributed by atoms with E-state index in [2.05, 4.69) is 6.92 Å². The van der Waals surface area contributed by atoms with E-state index >= 15 is 0 Å². The average Bonchev–Trinajstić information content (AvgIpc) is 2.39. The number of rotatable bonds is 7. The normalized spacial score (nSPS) is 13.4. The summed E-state index contributed by atoms with van der Waals surface area (Å²) in [7, 11) is -2.23. The molecule has 1 N–H and O–H groups in total. The number of sulfonamides is 1. The van der Waals surface area contributed by atoms with E-state index in [1.165, 1.54) is 14.0 Å². The molecule has 6 heteroatoms. The molecule has 0 saturated carbocycles. The summed E-state index contributed by atoms with van der Waals surface area (Å²) >= 11 is 0. The van der Waals surface area contributed by atoms with Gasteiger partial charge in [-0.15, -0.1) is 0 Å². The Morgan fingerprint density at radius 2 is 1.85 bits per heavy atom. The molecule has 0 heterocycles. The summed E-state index contributed by atoms with van der Waals surface area (Å²) < 4.78 is 25.7. The smallest absolute Gasteiger partial charge is 0.307 e. The van der Waals surface area contributed by atoms with Crippen LogP contribution in [0, 0.1) is 5.92 Å². The van der Waals surface area contributed by atoms with Crippen molar-refractivity contribution in [2.75, 3.05) is 13.6 Å². The number of nitrogens with zero attached hydrogens (tertiary/aromatic N) is 1. The van der Waals surface area contributed by atoms with Crippen LogP contribution in [0.1, 0.15) is 25.8 Å². The van der Waals surface area contributed by atoms with Crippen LogP contribution >= 0.6 is 0 Å². The fourth-order valence-corrected chi connectivity index (χ4v) is 3.12. The number of benzene rings is 1. The van der Waals surface area contributed by atoms with Gasteiger partial charge in [-0.25, -0.2) is 12.7 Å². The van der Waals surface area contributed by atoms with Crippen molar-refractivity contribution in [2.45, 2.75) is 31.6 Å². The van der Waals surface area contributed by atoms with E-state index in [1.54, 1.807) is 24.3 Å². The minimum atomic E-state index is -3.63. The van der Waals surface area contributed by atoms with E-state index in [0.29, 0.717) is 0 Å². The van der Waals surface area contributed by atoms with Gasteiger partial charge in [0.1, 0.15) is 0 Å². The molecule has 1 aromatic rings. The summed E-state index contributed by atoms with van der Waals surface area (Å²) in [4.78, 5) is 11.0. The SMILES string of the molecule is CCCc1ccc(S(=O)(=O)N(C)CC(C)C(=O)O)cc1. The zero-order valence-electron chi connectivity index (χ0n) is 12.0. The van der Waals surface area contributed by atoms with Crippen LogP contribution in [0.25, 0.3) is 0 Å². The van der Waals surface area contributed by atoms with Crippen molar-refractivity contribution in [1.29, 1.82) is 0 Å². The monoisotopic (exact) mass is 299 g/mol. The van der Waals surface area contributed by atoms with Gasteiger partial charge in [-0.05, 0) is 24.1 Å². The van der Waals surface area contributed by atoms with E-state index in [9.17, 15) is 13.2 Å². The van der Waals surface area contributed by atoms with Gasteiger partial charge < -0.3 is 5.11 Å². The second-order valence-corrected chi connectivity index (χ2v) is 6.96. The van der Waals surface area contributed by atoms with Crippen LogP contribution in [0.5, 0.6) is 0 Å². The van der Waals surface area contributed by atoms with E-state index < -0.39 is 21.9 Å². The zero-order chi connectivity index (χ0) is 15.3. The third-order valence-electron chi connectivity index (χ3n) is 3.12. The molecule has 0 aliphatic rings. The first-order valence-corrected chi connectivity index (χ1v) is 8.01. The van der Waals surface area contributed by atoms with Crippen LogP contribution in [0.2, 0.25) is 0 Å². The maximum Gasteiger partial charge on any atom is 0.307 e. The number of aryl methyl sites for hydroxylation is 1. The fraction of sp³-hybridized carbons (Fsp3) is 0.500. The Morgan fingerprint density at radius 1 is 1.30 bits per heavy atom. The maximum absolute atomic E-state index is 12.3. The second kappa shape index (κ2) is 6.85. The Balaban J connectivity index is 2.89. The first-order chi connectivity index (χ1) is 9.28. The molecule has 0 aliphatic heterocycles. The topological polar surface area (TPSA) is 74.7 Å². The van der Waals surface area contributed by atoms with Crippen LogP contribution in [-0.2, 0) is 21.2 Å². The standard InChI is InChI=1S/C14H21NO4S/c1-4-5-12-6-8-13(9-7-12)20(18,19)15(3)10-11(2)14(16)17/h6-9,11H,4-5,10H2,1-3H3,(H,16,17). The van der Waals surface area contributed by atoms with Crippen molar-refractivity contribution >= 4 is 16.0 Å². The molecule has 20 heavy (non-hydrogen) atoms. The zero-order valence-corrected chi connectivity index (χ0v) is 12.9. The van der Waals surface area contributed by atoms with E-state index in [4.69, 9.17) is 5.11 Å². The largest absolute Gasteiger partial charge is 0.481 e. The molecule has 0 fully saturated rings. The second-order valence-electron chi connectivity index (χ2n) is 4.92. The Hall–Kier alpha value is -1.40. The Bertz CT molecular complexity index is 551. The lowest BCUT2D eigenvalue weighted by Crippen LogP contribution is -2.33. The molecule has 0 aromatic heterocycles. The molecule has 112 valence electrons. The van der Waals surface area contributed by atoms with Crippen LogP contribution in [-0.4, -0.2) is 37.4 Å². The lowest BCUT2D eigenvalue weighted by atomic mass is 10.1. The Labute approximate surface area is 120 Å². The summed E-state index contributed by atoms with van der Waals surface area (Å²) in [6.07, 6.45) is 1.91. The minimum absolute atomic E-state index is 0.0472. The lowest BCUT2D eigenvalue weighted by Gasteiger charge is -2.19. The summed E-state index contributed by atoms with van der Waals surface area (Å²) in [5.74, 6) is -1.75. The average molecular weight is 299 g/mol. The van der Waals surface area contributed by atoms with Gasteiger partial charge in [0.05, 0.1) is 10.8 Å². The third kappa shape index (κ3) is 4.05. The van der Waals surface area contributed by atoms with Crippen molar-refractivity contribution in [3.05, 3.63) is 29.8 Å². The molecule has 0 radical (unpaired) electrons. The summed E-state index contributed by atoms with van der Waals surface area (Å²) in [5, 5.41) is 8.84. The van der Waals surface area contributed by atoms with Gasteiger partial charge in [0.2, 0.25) is 10.0 Å². The molecule has 0 aliphatic carbocycles. The highest BCUT2D eigenvalue weighted by Crippen LogP contribution is 2.17. The highest BCUT2D eigenvalue weighted by Gasteiger charge is 2.24. The van der Waals surface area contributed by atoms with Gasteiger partial charge in [0.15, 0.2) is 0 Å². The summed E-state index contributed by atoms with van der Waals surface area (Å²) in [6, 6.07) is 6.74. The van der Waals surface area contributed by atoms with E-state index in [1.807, 2.05) is 0 Å². The first-order valence-electron chi connectivity index (χ1n) is 6.57. The van der Waals surface area contributed by atoms with Crippen molar-refractivity contribution in [3.8, 4) is 0 Å². The van der Waals surface area contributed by atoms with Crippen molar-refractivity contribution in [3.63, 3.8) is 0 Å². The Kier molecular flexibility index (Phi) is 5.71. The van der Waals surface area contributed by atoms with Gasteiger partial charge in [-0.3, -0.25) is 4.79 Å². The molecule has 1 atom stereocenters. The summed E-state index contributed by atoms with van der Waals surface area (Å²) in [5.41, 5.74) is 1.09. The number of hydrogen-bond donors (Lipinski definition) is 1. The maximum atomic E-state index is 12.3. The Morgan fingerprint density at radius 3 is 2.30 bits per heavy atom. The predicted octanol–water partition coefficient (Wildman–Crippen LogP) is 1.98. The fourth-order valence-electron chi connectivity index (χ4n) is 1.86. The molecular weight excluding hydrogens is 278 g/mol. The molecule has 0 saturated heterocycles. The molecule has 1 unspecified atom stereocenters. The first kappa shape index (κ1) is 16.7. The van der Waals surface area contributed by atoms with Crippen molar-refractivity contribution < 1.29 is 18.3 Å². The number of hydrogen-bond acceptors (Lipinski definition) is 3. The van der Waals surface area contributed by atoms with Crippen LogP contribution in [0.3, 0.4) is 0 Å². The quantitative estimate of drug-likeness (QED) is 0.835. The number of carbonyl (C=O) groups is 1. The minimum Gasteiger partial charge on any atom is -0.481 e. The van der Waals surface area contributed by atoms with Crippen molar-refractivity contribution in [2.24, 2.45) is 5.92 Å². The van der Waals surface area contributed by atoms with Crippen LogP contribution < -0.4 is 0 Å². The lowest BCUT2D eigenvalue weighted by molar-refractivity contribution is -0.141. The molecular formula is C14H21NO4S. The molecule has 0 amide bonds.